The lowest BCUT2D eigenvalue weighted by Crippen LogP contribution is -2.28. The SMILES string of the molecule is Cc1c(B(O)O)sc2c(Cl)c(C(C)(C)O)cnc12. The van der Waals surface area contributed by atoms with Crippen molar-refractivity contribution >= 4 is 45.0 Å². The van der Waals surface area contributed by atoms with Crippen molar-refractivity contribution in [2.24, 2.45) is 0 Å². The topological polar surface area (TPSA) is 73.6 Å². The summed E-state index contributed by atoms with van der Waals surface area (Å²) in [4.78, 5) is 4.25. The number of halogens is 1. The van der Waals surface area contributed by atoms with Crippen LogP contribution in [-0.2, 0) is 5.60 Å². The Morgan fingerprint density at radius 1 is 1.39 bits per heavy atom. The van der Waals surface area contributed by atoms with E-state index in [0.717, 1.165) is 0 Å². The molecule has 7 heteroatoms. The molecule has 2 rings (SSSR count). The normalized spacial score (nSPS) is 12.2. The Labute approximate surface area is 114 Å². The van der Waals surface area contributed by atoms with Gasteiger partial charge in [-0.3, -0.25) is 4.98 Å². The number of aliphatic hydroxyl groups is 1. The van der Waals surface area contributed by atoms with E-state index in [2.05, 4.69) is 4.98 Å². The summed E-state index contributed by atoms with van der Waals surface area (Å²) in [5, 5.41) is 28.9. The minimum absolute atomic E-state index is 0.410. The highest BCUT2D eigenvalue weighted by atomic mass is 35.5. The highest BCUT2D eigenvalue weighted by molar-refractivity contribution is 7.28. The van der Waals surface area contributed by atoms with E-state index in [9.17, 15) is 15.2 Å². The zero-order chi connectivity index (χ0) is 13.7. The second kappa shape index (κ2) is 4.47. The van der Waals surface area contributed by atoms with Crippen LogP contribution in [0.25, 0.3) is 10.2 Å². The van der Waals surface area contributed by atoms with Crippen LogP contribution >= 0.6 is 22.9 Å². The molecule has 2 aromatic rings. The fourth-order valence-electron chi connectivity index (χ4n) is 1.81. The maximum atomic E-state index is 10.00. The summed E-state index contributed by atoms with van der Waals surface area (Å²) < 4.78 is 1.09. The molecule has 0 aliphatic rings. The van der Waals surface area contributed by atoms with Crippen LogP contribution < -0.4 is 4.78 Å². The lowest BCUT2D eigenvalue weighted by molar-refractivity contribution is 0.0785. The Kier molecular flexibility index (Phi) is 3.42. The molecule has 96 valence electrons. The van der Waals surface area contributed by atoms with Crippen molar-refractivity contribution in [1.82, 2.24) is 4.98 Å². The Morgan fingerprint density at radius 3 is 2.50 bits per heavy atom. The molecule has 0 radical (unpaired) electrons. The number of hydrogen-bond acceptors (Lipinski definition) is 5. The number of pyridine rings is 1. The standard InChI is InChI=1S/C11H13BClNO3S/c1-5-8-9(18-10(5)12(16)17)7(13)6(4-14-8)11(2,3)15/h4,15-17H,1-3H3. The molecule has 0 aliphatic heterocycles. The molecule has 0 aliphatic carbocycles. The van der Waals surface area contributed by atoms with E-state index in [1.165, 1.54) is 17.5 Å². The summed E-state index contributed by atoms with van der Waals surface area (Å²) in [5.41, 5.74) is 0.779. The number of rotatable bonds is 2. The monoisotopic (exact) mass is 285 g/mol. The molecule has 3 N–H and O–H groups in total. The molecule has 0 atom stereocenters. The van der Waals surface area contributed by atoms with Crippen molar-refractivity contribution < 1.29 is 15.2 Å². The molecule has 0 saturated carbocycles. The van der Waals surface area contributed by atoms with Gasteiger partial charge in [-0.05, 0) is 26.3 Å². The number of thiophene rings is 1. The van der Waals surface area contributed by atoms with Gasteiger partial charge < -0.3 is 15.2 Å². The fraction of sp³-hybridized carbons (Fsp3) is 0.364. The van der Waals surface area contributed by atoms with E-state index in [-0.39, 0.29) is 0 Å². The van der Waals surface area contributed by atoms with Gasteiger partial charge in [0.05, 0.1) is 20.8 Å². The van der Waals surface area contributed by atoms with Crippen molar-refractivity contribution in [1.29, 1.82) is 0 Å². The molecule has 0 unspecified atom stereocenters. The lowest BCUT2D eigenvalue weighted by atomic mass is 9.86. The van der Waals surface area contributed by atoms with Gasteiger partial charge in [-0.1, -0.05) is 11.6 Å². The molecular weight excluding hydrogens is 272 g/mol. The zero-order valence-electron chi connectivity index (χ0n) is 10.2. The largest absolute Gasteiger partial charge is 0.499 e. The van der Waals surface area contributed by atoms with Crippen LogP contribution in [0.3, 0.4) is 0 Å². The second-order valence-electron chi connectivity index (χ2n) is 4.69. The molecule has 0 bridgehead atoms. The summed E-state index contributed by atoms with van der Waals surface area (Å²) in [7, 11) is -1.54. The Bertz CT molecular complexity index is 606. The van der Waals surface area contributed by atoms with Crippen LogP contribution in [0.2, 0.25) is 5.02 Å². The average Bonchev–Trinajstić information content (AvgIpc) is 2.56. The molecule has 18 heavy (non-hydrogen) atoms. The van der Waals surface area contributed by atoms with E-state index in [4.69, 9.17) is 11.6 Å². The van der Waals surface area contributed by atoms with Crippen molar-refractivity contribution in [3.05, 3.63) is 22.3 Å². The molecular formula is C11H13BClNO3S. The maximum absolute atomic E-state index is 10.00. The molecule has 2 aromatic heterocycles. The summed E-state index contributed by atoms with van der Waals surface area (Å²) in [6.07, 6.45) is 1.53. The van der Waals surface area contributed by atoms with Crippen LogP contribution in [0, 0.1) is 6.92 Å². The first kappa shape index (κ1) is 13.8. The van der Waals surface area contributed by atoms with Crippen molar-refractivity contribution in [3.8, 4) is 0 Å². The number of aryl methyl sites for hydroxylation is 1. The third-order valence-electron chi connectivity index (χ3n) is 2.80. The van der Waals surface area contributed by atoms with E-state index < -0.39 is 12.7 Å². The van der Waals surface area contributed by atoms with Crippen LogP contribution in [0.5, 0.6) is 0 Å². The smallest absolute Gasteiger partial charge is 0.423 e. The molecule has 0 amide bonds. The Hall–Kier alpha value is -0.655. The summed E-state index contributed by atoms with van der Waals surface area (Å²) in [5.74, 6) is 0. The molecule has 0 saturated heterocycles. The molecule has 4 nitrogen and oxygen atoms in total. The second-order valence-corrected chi connectivity index (χ2v) is 6.12. The van der Waals surface area contributed by atoms with Gasteiger partial charge in [0.1, 0.15) is 0 Å². The van der Waals surface area contributed by atoms with Crippen molar-refractivity contribution in [3.63, 3.8) is 0 Å². The van der Waals surface area contributed by atoms with E-state index in [1.807, 2.05) is 0 Å². The van der Waals surface area contributed by atoms with Crippen LogP contribution in [0.15, 0.2) is 6.20 Å². The average molecular weight is 286 g/mol. The van der Waals surface area contributed by atoms with Crippen LogP contribution in [0.4, 0.5) is 0 Å². The quantitative estimate of drug-likeness (QED) is 0.724. The highest BCUT2D eigenvalue weighted by Crippen LogP contribution is 2.36. The Morgan fingerprint density at radius 2 is 2.00 bits per heavy atom. The zero-order valence-corrected chi connectivity index (χ0v) is 11.8. The fourth-order valence-corrected chi connectivity index (χ4v) is 3.37. The predicted octanol–water partition coefficient (Wildman–Crippen LogP) is 1.17. The third-order valence-corrected chi connectivity index (χ3v) is 4.65. The Balaban J connectivity index is 2.76. The summed E-state index contributed by atoms with van der Waals surface area (Å²) >= 11 is 7.45. The number of nitrogens with zero attached hydrogens (tertiary/aromatic N) is 1. The predicted molar refractivity (Wildman–Crippen MR) is 74.4 cm³/mol. The van der Waals surface area contributed by atoms with Gasteiger partial charge in [-0.25, -0.2) is 0 Å². The first-order valence-electron chi connectivity index (χ1n) is 5.40. The van der Waals surface area contributed by atoms with Gasteiger partial charge >= 0.3 is 7.12 Å². The molecule has 0 aromatic carbocycles. The molecule has 2 heterocycles. The maximum Gasteiger partial charge on any atom is 0.499 e. The van der Waals surface area contributed by atoms with Gasteiger partial charge in [0.25, 0.3) is 0 Å². The van der Waals surface area contributed by atoms with Crippen LogP contribution in [-0.4, -0.2) is 27.3 Å². The van der Waals surface area contributed by atoms with Crippen molar-refractivity contribution in [2.75, 3.05) is 0 Å². The van der Waals surface area contributed by atoms with E-state index in [1.54, 1.807) is 20.8 Å². The summed E-state index contributed by atoms with van der Waals surface area (Å²) in [6.45, 7) is 5.02. The number of hydrogen-bond donors (Lipinski definition) is 3. The summed E-state index contributed by atoms with van der Waals surface area (Å²) in [6, 6.07) is 0. The van der Waals surface area contributed by atoms with Gasteiger partial charge in [-0.2, -0.15) is 0 Å². The molecule has 0 fully saturated rings. The van der Waals surface area contributed by atoms with Gasteiger partial charge in [-0.15, -0.1) is 11.3 Å². The van der Waals surface area contributed by atoms with E-state index in [0.29, 0.717) is 31.1 Å². The van der Waals surface area contributed by atoms with Crippen LogP contribution in [0.1, 0.15) is 25.0 Å². The third kappa shape index (κ3) is 2.15. The van der Waals surface area contributed by atoms with Gasteiger partial charge in [0, 0.05) is 16.5 Å². The van der Waals surface area contributed by atoms with Crippen molar-refractivity contribution in [2.45, 2.75) is 26.4 Å². The van der Waals surface area contributed by atoms with Gasteiger partial charge in [0.2, 0.25) is 0 Å². The number of aromatic nitrogens is 1. The van der Waals surface area contributed by atoms with E-state index >= 15 is 0 Å². The highest BCUT2D eigenvalue weighted by Gasteiger charge is 2.26. The molecule has 0 spiro atoms. The first-order chi connectivity index (χ1) is 8.23. The van der Waals surface area contributed by atoms with Gasteiger partial charge in [0.15, 0.2) is 0 Å². The minimum atomic E-state index is -1.54. The lowest BCUT2D eigenvalue weighted by Gasteiger charge is -2.18. The minimum Gasteiger partial charge on any atom is -0.423 e. The number of fused-ring (bicyclic) bond motifs is 1. The first-order valence-corrected chi connectivity index (χ1v) is 6.59.